The zero-order chi connectivity index (χ0) is 14.7. The molecule has 0 saturated heterocycles. The summed E-state index contributed by atoms with van der Waals surface area (Å²) in [4.78, 5) is 14.4. The summed E-state index contributed by atoms with van der Waals surface area (Å²) in [6.07, 6.45) is 2.00. The Hall–Kier alpha value is -2.43. The quantitative estimate of drug-likeness (QED) is 0.916. The minimum absolute atomic E-state index is 0.0538. The van der Waals surface area contributed by atoms with Gasteiger partial charge in [0.15, 0.2) is 5.69 Å². The second-order valence-electron chi connectivity index (χ2n) is 5.15. The van der Waals surface area contributed by atoms with Crippen molar-refractivity contribution < 1.29 is 4.79 Å². The minimum Gasteiger partial charge on any atom is -0.372 e. The molecule has 0 saturated carbocycles. The van der Waals surface area contributed by atoms with Gasteiger partial charge in [-0.15, -0.1) is 10.2 Å². The van der Waals surface area contributed by atoms with Crippen LogP contribution in [0.3, 0.4) is 0 Å². The first-order chi connectivity index (χ1) is 10.3. The van der Waals surface area contributed by atoms with E-state index in [0.717, 1.165) is 19.4 Å². The molecule has 21 heavy (non-hydrogen) atoms. The third-order valence-electron chi connectivity index (χ3n) is 3.78. The minimum atomic E-state index is -0.0538. The first-order valence-corrected chi connectivity index (χ1v) is 7.15. The first-order valence-electron chi connectivity index (χ1n) is 7.15. The summed E-state index contributed by atoms with van der Waals surface area (Å²) >= 11 is 0. The molecular formula is C16H18N4O. The molecule has 1 aromatic carbocycles. The largest absolute Gasteiger partial charge is 0.372 e. The summed E-state index contributed by atoms with van der Waals surface area (Å²) in [7, 11) is 1.78. The predicted molar refractivity (Wildman–Crippen MR) is 81.1 cm³/mol. The Morgan fingerprint density at radius 1 is 1.14 bits per heavy atom. The van der Waals surface area contributed by atoms with Gasteiger partial charge in [0, 0.05) is 20.1 Å². The van der Waals surface area contributed by atoms with E-state index < -0.39 is 0 Å². The van der Waals surface area contributed by atoms with Crippen molar-refractivity contribution in [1.29, 1.82) is 0 Å². The van der Waals surface area contributed by atoms with Crippen molar-refractivity contribution in [3.05, 3.63) is 53.2 Å². The van der Waals surface area contributed by atoms with E-state index in [9.17, 15) is 4.79 Å². The number of nitrogens with zero attached hydrogens (tertiary/aromatic N) is 3. The zero-order valence-corrected chi connectivity index (χ0v) is 12.0. The molecule has 0 aliphatic carbocycles. The standard InChI is InChI=1S/C16H18N4O/c1-17-15-9-8-14(18-19-15)16(21)20-10-4-7-12-5-2-3-6-13(12)11-20/h2-3,5-6,8-9H,4,7,10-11H2,1H3,(H,17,19). The summed E-state index contributed by atoms with van der Waals surface area (Å²) in [5.41, 5.74) is 2.96. The van der Waals surface area contributed by atoms with Crippen LogP contribution in [0.4, 0.5) is 5.82 Å². The van der Waals surface area contributed by atoms with E-state index in [1.165, 1.54) is 11.1 Å². The monoisotopic (exact) mass is 282 g/mol. The molecular weight excluding hydrogens is 264 g/mol. The van der Waals surface area contributed by atoms with E-state index in [1.807, 2.05) is 11.0 Å². The van der Waals surface area contributed by atoms with Gasteiger partial charge in [0.1, 0.15) is 5.82 Å². The van der Waals surface area contributed by atoms with Gasteiger partial charge in [-0.25, -0.2) is 0 Å². The van der Waals surface area contributed by atoms with Gasteiger partial charge in [0.05, 0.1) is 0 Å². The van der Waals surface area contributed by atoms with Crippen LogP contribution in [-0.2, 0) is 13.0 Å². The van der Waals surface area contributed by atoms with Crippen LogP contribution in [0.25, 0.3) is 0 Å². The molecule has 2 heterocycles. The SMILES string of the molecule is CNc1ccc(C(=O)N2CCCc3ccccc3C2)nn1. The highest BCUT2D eigenvalue weighted by Crippen LogP contribution is 2.19. The lowest BCUT2D eigenvalue weighted by molar-refractivity contribution is 0.0739. The summed E-state index contributed by atoms with van der Waals surface area (Å²) in [5.74, 6) is 0.606. The van der Waals surface area contributed by atoms with Crippen LogP contribution in [0.5, 0.6) is 0 Å². The second kappa shape index (κ2) is 5.91. The van der Waals surface area contributed by atoms with Crippen LogP contribution in [0, 0.1) is 0 Å². The Morgan fingerprint density at radius 3 is 2.67 bits per heavy atom. The van der Waals surface area contributed by atoms with E-state index in [1.54, 1.807) is 19.2 Å². The van der Waals surface area contributed by atoms with Crippen LogP contribution in [0.15, 0.2) is 36.4 Å². The van der Waals surface area contributed by atoms with Crippen molar-refractivity contribution in [1.82, 2.24) is 15.1 Å². The van der Waals surface area contributed by atoms with Crippen molar-refractivity contribution >= 4 is 11.7 Å². The molecule has 1 aromatic heterocycles. The van der Waals surface area contributed by atoms with E-state index in [0.29, 0.717) is 18.1 Å². The first kappa shape index (κ1) is 13.5. The maximum absolute atomic E-state index is 12.6. The number of carbonyl (C=O) groups is 1. The molecule has 0 spiro atoms. The van der Waals surface area contributed by atoms with E-state index in [-0.39, 0.29) is 5.91 Å². The fraction of sp³-hybridized carbons (Fsp3) is 0.312. The lowest BCUT2D eigenvalue weighted by atomic mass is 10.0. The number of rotatable bonds is 2. The maximum Gasteiger partial charge on any atom is 0.274 e. The Balaban J connectivity index is 1.81. The number of fused-ring (bicyclic) bond motifs is 1. The van der Waals surface area contributed by atoms with Crippen molar-refractivity contribution in [3.63, 3.8) is 0 Å². The molecule has 5 heteroatoms. The number of carbonyl (C=O) groups excluding carboxylic acids is 1. The maximum atomic E-state index is 12.6. The summed E-state index contributed by atoms with van der Waals surface area (Å²) in [6, 6.07) is 11.8. The van der Waals surface area contributed by atoms with Crippen LogP contribution in [-0.4, -0.2) is 34.6 Å². The molecule has 0 radical (unpaired) electrons. The second-order valence-corrected chi connectivity index (χ2v) is 5.15. The zero-order valence-electron chi connectivity index (χ0n) is 12.0. The summed E-state index contributed by atoms with van der Waals surface area (Å²) in [6.45, 7) is 1.40. The number of anilines is 1. The van der Waals surface area contributed by atoms with Gasteiger partial charge in [-0.05, 0) is 36.1 Å². The van der Waals surface area contributed by atoms with Gasteiger partial charge in [-0.2, -0.15) is 0 Å². The highest BCUT2D eigenvalue weighted by Gasteiger charge is 2.21. The Labute approximate surface area is 124 Å². The van der Waals surface area contributed by atoms with Gasteiger partial charge in [-0.1, -0.05) is 24.3 Å². The molecule has 0 bridgehead atoms. The molecule has 0 fully saturated rings. The smallest absolute Gasteiger partial charge is 0.274 e. The molecule has 2 aromatic rings. The molecule has 1 amide bonds. The molecule has 0 unspecified atom stereocenters. The Bertz CT molecular complexity index is 639. The normalized spacial score (nSPS) is 14.2. The number of aromatic nitrogens is 2. The Morgan fingerprint density at radius 2 is 1.95 bits per heavy atom. The molecule has 1 aliphatic rings. The predicted octanol–water partition coefficient (Wildman–Crippen LogP) is 2.11. The van der Waals surface area contributed by atoms with Crippen LogP contribution in [0.2, 0.25) is 0 Å². The molecule has 108 valence electrons. The lowest BCUT2D eigenvalue weighted by Crippen LogP contribution is -2.31. The highest BCUT2D eigenvalue weighted by molar-refractivity contribution is 5.92. The van der Waals surface area contributed by atoms with E-state index >= 15 is 0 Å². The van der Waals surface area contributed by atoms with E-state index in [2.05, 4.69) is 33.7 Å². The summed E-state index contributed by atoms with van der Waals surface area (Å²) in [5, 5.41) is 10.9. The average Bonchev–Trinajstić information content (AvgIpc) is 2.76. The molecule has 1 aliphatic heterocycles. The van der Waals surface area contributed by atoms with E-state index in [4.69, 9.17) is 0 Å². The highest BCUT2D eigenvalue weighted by atomic mass is 16.2. The number of nitrogens with one attached hydrogen (secondary N) is 1. The topological polar surface area (TPSA) is 58.1 Å². The van der Waals surface area contributed by atoms with Gasteiger partial charge in [-0.3, -0.25) is 4.79 Å². The third-order valence-corrected chi connectivity index (χ3v) is 3.78. The number of hydrogen-bond acceptors (Lipinski definition) is 4. The third kappa shape index (κ3) is 2.86. The summed E-state index contributed by atoms with van der Waals surface area (Å²) < 4.78 is 0. The molecule has 3 rings (SSSR count). The number of hydrogen-bond donors (Lipinski definition) is 1. The molecule has 1 N–H and O–H groups in total. The fourth-order valence-corrected chi connectivity index (χ4v) is 2.62. The molecule has 0 atom stereocenters. The van der Waals surface area contributed by atoms with Gasteiger partial charge < -0.3 is 10.2 Å². The van der Waals surface area contributed by atoms with Crippen molar-refractivity contribution in [2.75, 3.05) is 18.9 Å². The van der Waals surface area contributed by atoms with Crippen LogP contribution < -0.4 is 5.32 Å². The van der Waals surface area contributed by atoms with Crippen molar-refractivity contribution in [2.45, 2.75) is 19.4 Å². The lowest BCUT2D eigenvalue weighted by Gasteiger charge is -2.20. The number of amides is 1. The van der Waals surface area contributed by atoms with Gasteiger partial charge in [0.25, 0.3) is 5.91 Å². The number of aryl methyl sites for hydroxylation is 1. The van der Waals surface area contributed by atoms with Gasteiger partial charge in [0.2, 0.25) is 0 Å². The van der Waals surface area contributed by atoms with Crippen LogP contribution >= 0.6 is 0 Å². The fourth-order valence-electron chi connectivity index (χ4n) is 2.62. The van der Waals surface area contributed by atoms with Crippen molar-refractivity contribution in [2.24, 2.45) is 0 Å². The molecule has 5 nitrogen and oxygen atoms in total. The van der Waals surface area contributed by atoms with Gasteiger partial charge >= 0.3 is 0 Å². The Kier molecular flexibility index (Phi) is 3.81. The van der Waals surface area contributed by atoms with Crippen LogP contribution in [0.1, 0.15) is 28.0 Å². The van der Waals surface area contributed by atoms with Crippen molar-refractivity contribution in [3.8, 4) is 0 Å². The number of benzene rings is 1. The average molecular weight is 282 g/mol.